The fraction of sp³-hybridized carbons (Fsp3) is 0. The number of amides is 1. The number of hydrogen-bond acceptors (Lipinski definition) is 2. The van der Waals surface area contributed by atoms with E-state index < -0.39 is 34.7 Å². The molecular weight excluding hydrogens is 276 g/mol. The van der Waals surface area contributed by atoms with Crippen molar-refractivity contribution in [1.82, 2.24) is 0 Å². The van der Waals surface area contributed by atoms with E-state index in [1.54, 1.807) is 0 Å². The number of benzene rings is 2. The van der Waals surface area contributed by atoms with Gasteiger partial charge in [0.1, 0.15) is 5.82 Å². The number of anilines is 2. The molecule has 2 aromatic carbocycles. The summed E-state index contributed by atoms with van der Waals surface area (Å²) in [5.74, 6) is -6.77. The summed E-state index contributed by atoms with van der Waals surface area (Å²) < 4.78 is 52.6. The molecule has 0 atom stereocenters. The van der Waals surface area contributed by atoms with Crippen LogP contribution in [0.5, 0.6) is 0 Å². The van der Waals surface area contributed by atoms with Crippen molar-refractivity contribution in [2.45, 2.75) is 0 Å². The smallest absolute Gasteiger partial charge is 0.258 e. The lowest BCUT2D eigenvalue weighted by atomic mass is 10.1. The van der Waals surface area contributed by atoms with Crippen LogP contribution in [0.2, 0.25) is 0 Å². The van der Waals surface area contributed by atoms with Crippen LogP contribution >= 0.6 is 0 Å². The fourth-order valence-electron chi connectivity index (χ4n) is 1.52. The van der Waals surface area contributed by atoms with Gasteiger partial charge >= 0.3 is 0 Å². The van der Waals surface area contributed by atoms with Gasteiger partial charge in [0, 0.05) is 5.69 Å². The molecule has 0 radical (unpaired) electrons. The molecule has 0 spiro atoms. The van der Waals surface area contributed by atoms with Crippen LogP contribution in [0.15, 0.2) is 30.3 Å². The topological polar surface area (TPSA) is 55.1 Å². The summed E-state index contributed by atoms with van der Waals surface area (Å²) >= 11 is 0. The van der Waals surface area contributed by atoms with Gasteiger partial charge in [0.15, 0.2) is 17.5 Å². The number of halogens is 4. The minimum absolute atomic E-state index is 0.138. The van der Waals surface area contributed by atoms with Crippen molar-refractivity contribution in [1.29, 1.82) is 0 Å². The molecule has 20 heavy (non-hydrogen) atoms. The molecule has 0 aliphatic heterocycles. The van der Waals surface area contributed by atoms with Crippen molar-refractivity contribution in [3.63, 3.8) is 0 Å². The monoisotopic (exact) mass is 284 g/mol. The molecule has 0 aliphatic carbocycles. The van der Waals surface area contributed by atoms with Crippen LogP contribution < -0.4 is 11.1 Å². The number of carbonyl (C=O) groups excluding carboxylic acids is 1. The van der Waals surface area contributed by atoms with Crippen molar-refractivity contribution in [3.8, 4) is 0 Å². The molecular formula is C13H8F4N2O. The van der Waals surface area contributed by atoms with Crippen molar-refractivity contribution in [2.24, 2.45) is 0 Å². The molecule has 2 rings (SSSR count). The first-order valence-corrected chi connectivity index (χ1v) is 5.40. The minimum atomic E-state index is -1.77. The number of rotatable bonds is 2. The average Bonchev–Trinajstić information content (AvgIpc) is 2.39. The third kappa shape index (κ3) is 2.56. The third-order valence-corrected chi connectivity index (χ3v) is 2.52. The number of nitrogens with two attached hydrogens (primary N) is 1. The zero-order valence-corrected chi connectivity index (χ0v) is 9.88. The quantitative estimate of drug-likeness (QED) is 0.506. The second-order valence-corrected chi connectivity index (χ2v) is 3.92. The Morgan fingerprint density at radius 2 is 1.65 bits per heavy atom. The van der Waals surface area contributed by atoms with Crippen molar-refractivity contribution < 1.29 is 22.4 Å². The highest BCUT2D eigenvalue weighted by Gasteiger charge is 2.19. The lowest BCUT2D eigenvalue weighted by Crippen LogP contribution is -2.16. The van der Waals surface area contributed by atoms with E-state index >= 15 is 0 Å². The summed E-state index contributed by atoms with van der Waals surface area (Å²) in [7, 11) is 0. The highest BCUT2D eigenvalue weighted by Crippen LogP contribution is 2.20. The van der Waals surface area contributed by atoms with E-state index in [9.17, 15) is 22.4 Å². The Bertz CT molecular complexity index is 688. The Hall–Kier alpha value is -2.57. The van der Waals surface area contributed by atoms with Gasteiger partial charge in [-0.2, -0.15) is 0 Å². The van der Waals surface area contributed by atoms with Gasteiger partial charge in [0.25, 0.3) is 5.91 Å². The molecule has 2 aromatic rings. The summed E-state index contributed by atoms with van der Waals surface area (Å²) in [4.78, 5) is 11.7. The maximum Gasteiger partial charge on any atom is 0.258 e. The van der Waals surface area contributed by atoms with Crippen molar-refractivity contribution >= 4 is 17.3 Å². The summed E-state index contributed by atoms with van der Waals surface area (Å²) in [6.45, 7) is 0. The van der Waals surface area contributed by atoms with Gasteiger partial charge in [-0.3, -0.25) is 4.79 Å². The molecule has 104 valence electrons. The minimum Gasteiger partial charge on any atom is -0.399 e. The number of nitrogens with one attached hydrogen (secondary N) is 1. The van der Waals surface area contributed by atoms with Gasteiger partial charge in [-0.1, -0.05) is 0 Å². The maximum atomic E-state index is 13.4. The molecule has 0 fully saturated rings. The molecule has 0 aromatic heterocycles. The van der Waals surface area contributed by atoms with E-state index in [1.807, 2.05) is 5.32 Å². The third-order valence-electron chi connectivity index (χ3n) is 2.52. The van der Waals surface area contributed by atoms with Gasteiger partial charge in [-0.05, 0) is 30.3 Å². The van der Waals surface area contributed by atoms with Crippen LogP contribution in [-0.2, 0) is 0 Å². The highest BCUT2D eigenvalue weighted by atomic mass is 19.2. The Kier molecular flexibility index (Phi) is 3.60. The molecule has 0 unspecified atom stereocenters. The fourth-order valence-corrected chi connectivity index (χ4v) is 1.52. The molecule has 0 bridgehead atoms. The first kappa shape index (κ1) is 13.9. The normalized spacial score (nSPS) is 10.4. The van der Waals surface area contributed by atoms with Crippen LogP contribution in [0.3, 0.4) is 0 Å². The standard InChI is InChI=1S/C13H8F4N2O/c14-8-3-2-7(11(16)12(8)17)13(20)19-10-4-1-6(18)5-9(10)15/h1-5H,18H2,(H,19,20). The van der Waals surface area contributed by atoms with Gasteiger partial charge in [-0.15, -0.1) is 0 Å². The predicted molar refractivity (Wildman–Crippen MR) is 65.1 cm³/mol. The second kappa shape index (κ2) is 5.20. The summed E-state index contributed by atoms with van der Waals surface area (Å²) in [6, 6.07) is 4.81. The van der Waals surface area contributed by atoms with Crippen LogP contribution in [0, 0.1) is 23.3 Å². The summed E-state index contributed by atoms with van der Waals surface area (Å²) in [5, 5.41) is 2.04. The first-order valence-electron chi connectivity index (χ1n) is 5.40. The van der Waals surface area contributed by atoms with E-state index in [0.717, 1.165) is 12.1 Å². The maximum absolute atomic E-state index is 13.4. The molecule has 0 saturated carbocycles. The average molecular weight is 284 g/mol. The summed E-state index contributed by atoms with van der Waals surface area (Å²) in [5.41, 5.74) is 4.47. The Morgan fingerprint density at radius 3 is 2.30 bits per heavy atom. The van der Waals surface area contributed by atoms with Gasteiger partial charge in [0.05, 0.1) is 11.3 Å². The van der Waals surface area contributed by atoms with E-state index in [2.05, 4.69) is 0 Å². The Morgan fingerprint density at radius 1 is 0.950 bits per heavy atom. The molecule has 0 saturated heterocycles. The van der Waals surface area contributed by atoms with Gasteiger partial charge < -0.3 is 11.1 Å². The van der Waals surface area contributed by atoms with Gasteiger partial charge in [-0.25, -0.2) is 17.6 Å². The lowest BCUT2D eigenvalue weighted by Gasteiger charge is -2.08. The van der Waals surface area contributed by atoms with Crippen LogP contribution in [0.25, 0.3) is 0 Å². The highest BCUT2D eigenvalue weighted by molar-refractivity contribution is 6.04. The summed E-state index contributed by atoms with van der Waals surface area (Å²) in [6.07, 6.45) is 0. The number of hydrogen-bond donors (Lipinski definition) is 2. The molecule has 1 amide bonds. The van der Waals surface area contributed by atoms with E-state index in [4.69, 9.17) is 5.73 Å². The Balaban J connectivity index is 2.31. The van der Waals surface area contributed by atoms with E-state index in [1.165, 1.54) is 12.1 Å². The molecule has 0 heterocycles. The zero-order chi connectivity index (χ0) is 14.9. The van der Waals surface area contributed by atoms with E-state index in [-0.39, 0.29) is 11.4 Å². The van der Waals surface area contributed by atoms with Crippen molar-refractivity contribution in [3.05, 3.63) is 59.2 Å². The van der Waals surface area contributed by atoms with Gasteiger partial charge in [0.2, 0.25) is 0 Å². The zero-order valence-electron chi connectivity index (χ0n) is 9.88. The van der Waals surface area contributed by atoms with Crippen LogP contribution in [0.1, 0.15) is 10.4 Å². The second-order valence-electron chi connectivity index (χ2n) is 3.92. The Labute approximate surface area is 111 Å². The van der Waals surface area contributed by atoms with Crippen molar-refractivity contribution in [2.75, 3.05) is 11.1 Å². The lowest BCUT2D eigenvalue weighted by molar-refractivity contribution is 0.102. The largest absolute Gasteiger partial charge is 0.399 e. The van der Waals surface area contributed by atoms with Crippen LogP contribution in [0.4, 0.5) is 28.9 Å². The molecule has 0 aliphatic rings. The molecule has 7 heteroatoms. The van der Waals surface area contributed by atoms with Crippen LogP contribution in [-0.4, -0.2) is 5.91 Å². The van der Waals surface area contributed by atoms with E-state index in [0.29, 0.717) is 6.07 Å². The molecule has 3 N–H and O–H groups in total. The predicted octanol–water partition coefficient (Wildman–Crippen LogP) is 3.08. The molecule has 3 nitrogen and oxygen atoms in total. The first-order chi connectivity index (χ1) is 9.40. The number of carbonyl (C=O) groups is 1. The SMILES string of the molecule is Nc1ccc(NC(=O)c2ccc(F)c(F)c2F)c(F)c1. The number of nitrogen functional groups attached to an aromatic ring is 1.